The van der Waals surface area contributed by atoms with E-state index < -0.39 is 0 Å². The second-order valence-electron chi connectivity index (χ2n) is 5.01. The van der Waals surface area contributed by atoms with Crippen LogP contribution in [0.1, 0.15) is 22.8 Å². The molecule has 7 heteroatoms. The van der Waals surface area contributed by atoms with Crippen molar-refractivity contribution in [3.63, 3.8) is 0 Å². The van der Waals surface area contributed by atoms with Gasteiger partial charge in [-0.3, -0.25) is 4.79 Å². The maximum absolute atomic E-state index is 12.7. The van der Waals surface area contributed by atoms with Crippen molar-refractivity contribution >= 4 is 23.2 Å². The van der Waals surface area contributed by atoms with Crippen LogP contribution in [0.2, 0.25) is 5.02 Å². The molecule has 0 bridgehead atoms. The quantitative estimate of drug-likeness (QED) is 0.943. The van der Waals surface area contributed by atoms with E-state index in [1.165, 1.54) is 6.33 Å². The molecule has 0 spiro atoms. The first kappa shape index (κ1) is 13.9. The van der Waals surface area contributed by atoms with Crippen molar-refractivity contribution in [1.82, 2.24) is 19.7 Å². The molecule has 1 aliphatic heterocycles. The van der Waals surface area contributed by atoms with Crippen LogP contribution >= 0.6 is 11.6 Å². The van der Waals surface area contributed by atoms with E-state index in [0.29, 0.717) is 17.1 Å². The third kappa shape index (κ3) is 2.71. The Morgan fingerprint density at radius 2 is 2.33 bits per heavy atom. The lowest BCUT2D eigenvalue weighted by Gasteiger charge is -2.18. The Morgan fingerprint density at radius 1 is 1.48 bits per heavy atom. The number of anilines is 1. The lowest BCUT2D eigenvalue weighted by atomic mass is 10.1. The lowest BCUT2D eigenvalue weighted by Crippen LogP contribution is -2.29. The van der Waals surface area contributed by atoms with Crippen LogP contribution in [0.3, 0.4) is 0 Å². The summed E-state index contributed by atoms with van der Waals surface area (Å²) in [6.07, 6.45) is 4.10. The van der Waals surface area contributed by atoms with Crippen molar-refractivity contribution < 1.29 is 4.79 Å². The van der Waals surface area contributed by atoms with Gasteiger partial charge >= 0.3 is 0 Å². The first-order valence-electron chi connectivity index (χ1n) is 6.79. The van der Waals surface area contributed by atoms with Crippen molar-refractivity contribution in [2.75, 3.05) is 25.5 Å². The summed E-state index contributed by atoms with van der Waals surface area (Å²) in [6.45, 7) is 1.36. The second kappa shape index (κ2) is 5.73. The molecule has 110 valence electrons. The molecule has 0 radical (unpaired) electrons. The fraction of sp³-hybridized carbons (Fsp3) is 0.357. The van der Waals surface area contributed by atoms with E-state index in [2.05, 4.69) is 15.4 Å². The molecule has 1 N–H and O–H groups in total. The third-order valence-corrected chi connectivity index (χ3v) is 3.98. The molecular formula is C14H16ClN5O. The Morgan fingerprint density at radius 3 is 3.05 bits per heavy atom. The van der Waals surface area contributed by atoms with Gasteiger partial charge in [-0.1, -0.05) is 11.6 Å². The largest absolute Gasteiger partial charge is 0.387 e. The van der Waals surface area contributed by atoms with Gasteiger partial charge in [0, 0.05) is 30.8 Å². The van der Waals surface area contributed by atoms with Crippen molar-refractivity contribution in [3.8, 4) is 0 Å². The minimum Gasteiger partial charge on any atom is -0.387 e. The highest BCUT2D eigenvalue weighted by Crippen LogP contribution is 2.26. The van der Waals surface area contributed by atoms with Gasteiger partial charge in [0.2, 0.25) is 0 Å². The van der Waals surface area contributed by atoms with Gasteiger partial charge < -0.3 is 10.2 Å². The molecule has 1 aliphatic rings. The lowest BCUT2D eigenvalue weighted by molar-refractivity contribution is 0.0788. The standard InChI is InChI=1S/C14H16ClN5O/c1-16-13-6-10(15)2-3-12(13)14(21)19-5-4-11(7-19)20-9-17-8-18-20/h2-3,6,8-9,11,16H,4-5,7H2,1H3/t11-/m1/s1. The van der Waals surface area contributed by atoms with Crippen LogP contribution in [0, 0.1) is 0 Å². The number of amides is 1. The maximum atomic E-state index is 12.7. The van der Waals surface area contributed by atoms with Crippen LogP contribution in [0.15, 0.2) is 30.9 Å². The minimum absolute atomic E-state index is 0.0126. The smallest absolute Gasteiger partial charge is 0.256 e. The molecule has 1 aromatic carbocycles. The summed E-state index contributed by atoms with van der Waals surface area (Å²) in [7, 11) is 1.78. The number of hydrogen-bond acceptors (Lipinski definition) is 4. The number of carbonyl (C=O) groups is 1. The highest BCUT2D eigenvalue weighted by atomic mass is 35.5. The van der Waals surface area contributed by atoms with E-state index in [0.717, 1.165) is 18.7 Å². The van der Waals surface area contributed by atoms with E-state index in [1.807, 2.05) is 9.58 Å². The SMILES string of the molecule is CNc1cc(Cl)ccc1C(=O)N1CC[C@@H](n2cncn2)C1. The van der Waals surface area contributed by atoms with Gasteiger partial charge in [-0.2, -0.15) is 5.10 Å². The number of benzene rings is 1. The maximum Gasteiger partial charge on any atom is 0.256 e. The number of nitrogens with one attached hydrogen (secondary N) is 1. The summed E-state index contributed by atoms with van der Waals surface area (Å²) in [5.41, 5.74) is 1.39. The highest BCUT2D eigenvalue weighted by Gasteiger charge is 2.29. The van der Waals surface area contributed by atoms with Crippen molar-refractivity contribution in [1.29, 1.82) is 0 Å². The van der Waals surface area contributed by atoms with Gasteiger partial charge in [0.15, 0.2) is 0 Å². The number of nitrogens with zero attached hydrogens (tertiary/aromatic N) is 4. The zero-order valence-electron chi connectivity index (χ0n) is 11.7. The molecule has 0 aliphatic carbocycles. The fourth-order valence-corrected chi connectivity index (χ4v) is 2.80. The van der Waals surface area contributed by atoms with E-state index in [-0.39, 0.29) is 11.9 Å². The average Bonchev–Trinajstić information content (AvgIpc) is 3.17. The summed E-state index contributed by atoms with van der Waals surface area (Å²) in [5.74, 6) is 0.0126. The average molecular weight is 306 g/mol. The number of hydrogen-bond donors (Lipinski definition) is 1. The number of halogens is 1. The van der Waals surface area contributed by atoms with Gasteiger partial charge in [0.1, 0.15) is 12.7 Å². The van der Waals surface area contributed by atoms with Gasteiger partial charge in [-0.15, -0.1) is 0 Å². The number of aromatic nitrogens is 3. The molecule has 1 aromatic heterocycles. The molecule has 1 amide bonds. The molecule has 2 aromatic rings. The first-order valence-corrected chi connectivity index (χ1v) is 7.17. The zero-order chi connectivity index (χ0) is 14.8. The Bertz CT molecular complexity index is 643. The van der Waals surface area contributed by atoms with E-state index in [9.17, 15) is 4.79 Å². The van der Waals surface area contributed by atoms with Crippen LogP contribution in [0.4, 0.5) is 5.69 Å². The van der Waals surface area contributed by atoms with Crippen LogP contribution in [0.5, 0.6) is 0 Å². The Balaban J connectivity index is 1.77. The molecular weight excluding hydrogens is 290 g/mol. The van der Waals surface area contributed by atoms with Crippen LogP contribution in [0.25, 0.3) is 0 Å². The van der Waals surface area contributed by atoms with E-state index >= 15 is 0 Å². The Labute approximate surface area is 127 Å². The van der Waals surface area contributed by atoms with Gasteiger partial charge in [-0.05, 0) is 24.6 Å². The minimum atomic E-state index is 0.0126. The monoisotopic (exact) mass is 305 g/mol. The van der Waals surface area contributed by atoms with Crippen LogP contribution < -0.4 is 5.32 Å². The van der Waals surface area contributed by atoms with Crippen molar-refractivity contribution in [2.45, 2.75) is 12.5 Å². The topological polar surface area (TPSA) is 63.1 Å². The number of rotatable bonds is 3. The van der Waals surface area contributed by atoms with Gasteiger partial charge in [0.05, 0.1) is 11.6 Å². The van der Waals surface area contributed by atoms with E-state index in [4.69, 9.17) is 11.6 Å². The summed E-state index contributed by atoms with van der Waals surface area (Å²) in [6, 6.07) is 5.46. The molecule has 1 atom stereocenters. The fourth-order valence-electron chi connectivity index (χ4n) is 2.63. The predicted octanol–water partition coefficient (Wildman–Crippen LogP) is 2.06. The molecule has 1 saturated heterocycles. The van der Waals surface area contributed by atoms with Crippen LogP contribution in [-0.2, 0) is 0 Å². The van der Waals surface area contributed by atoms with Gasteiger partial charge in [0.25, 0.3) is 5.91 Å². The second-order valence-corrected chi connectivity index (χ2v) is 5.45. The van der Waals surface area contributed by atoms with E-state index in [1.54, 1.807) is 31.6 Å². The van der Waals surface area contributed by atoms with Gasteiger partial charge in [-0.25, -0.2) is 9.67 Å². The number of carbonyl (C=O) groups excluding carboxylic acids is 1. The summed E-state index contributed by atoms with van der Waals surface area (Å²) >= 11 is 5.97. The number of likely N-dealkylation sites (tertiary alicyclic amines) is 1. The normalized spacial score (nSPS) is 18.0. The third-order valence-electron chi connectivity index (χ3n) is 3.74. The highest BCUT2D eigenvalue weighted by molar-refractivity contribution is 6.31. The molecule has 1 fully saturated rings. The van der Waals surface area contributed by atoms with Crippen LogP contribution in [-0.4, -0.2) is 45.7 Å². The summed E-state index contributed by atoms with van der Waals surface area (Å²) in [4.78, 5) is 18.4. The zero-order valence-corrected chi connectivity index (χ0v) is 12.4. The Kier molecular flexibility index (Phi) is 3.79. The van der Waals surface area contributed by atoms with Crippen molar-refractivity contribution in [3.05, 3.63) is 41.4 Å². The summed E-state index contributed by atoms with van der Waals surface area (Å²) in [5, 5.41) is 7.78. The molecule has 0 unspecified atom stereocenters. The molecule has 2 heterocycles. The predicted molar refractivity (Wildman–Crippen MR) is 80.6 cm³/mol. The molecule has 3 rings (SSSR count). The Hall–Kier alpha value is -2.08. The van der Waals surface area contributed by atoms with Crippen molar-refractivity contribution in [2.24, 2.45) is 0 Å². The molecule has 0 saturated carbocycles. The first-order chi connectivity index (χ1) is 10.2. The molecule has 6 nitrogen and oxygen atoms in total. The summed E-state index contributed by atoms with van der Waals surface area (Å²) < 4.78 is 1.81. The molecule has 21 heavy (non-hydrogen) atoms.